The standard InChI is InChI=1S/C16H21F3N2O2/c1-23-15-11(8-13(20)14(9-22)21-15)5-2-10-3-6-12(7-4-10)16(17,18)19/h2,5,8,10,12,22H,3-4,6-7,9,20H2,1H3/b5-2+/t10-,12-. The van der Waals surface area contributed by atoms with Crippen molar-refractivity contribution in [3.05, 3.63) is 23.4 Å². The van der Waals surface area contributed by atoms with Gasteiger partial charge in [0, 0.05) is 5.56 Å². The third-order valence-corrected chi connectivity index (χ3v) is 4.25. The normalized spacial score (nSPS) is 22.5. The van der Waals surface area contributed by atoms with Crippen LogP contribution in [0.1, 0.15) is 36.9 Å². The highest BCUT2D eigenvalue weighted by atomic mass is 19.4. The lowest BCUT2D eigenvalue weighted by Crippen LogP contribution is -2.27. The predicted octanol–water partition coefficient (Wildman–Crippen LogP) is 3.55. The van der Waals surface area contributed by atoms with Crippen molar-refractivity contribution in [3.8, 4) is 5.88 Å². The lowest BCUT2D eigenvalue weighted by Gasteiger charge is -2.28. The highest BCUT2D eigenvalue weighted by Crippen LogP contribution is 2.40. The maximum Gasteiger partial charge on any atom is 0.391 e. The Hall–Kier alpha value is -1.76. The summed E-state index contributed by atoms with van der Waals surface area (Å²) in [5.41, 5.74) is 7.14. The summed E-state index contributed by atoms with van der Waals surface area (Å²) in [6, 6.07) is 1.65. The summed E-state index contributed by atoms with van der Waals surface area (Å²) >= 11 is 0. The van der Waals surface area contributed by atoms with Gasteiger partial charge in [0.2, 0.25) is 5.88 Å². The number of ether oxygens (including phenoxy) is 1. The van der Waals surface area contributed by atoms with Crippen LogP contribution in [-0.2, 0) is 6.61 Å². The number of aromatic nitrogens is 1. The monoisotopic (exact) mass is 330 g/mol. The summed E-state index contributed by atoms with van der Waals surface area (Å²) in [5, 5.41) is 9.15. The number of anilines is 1. The van der Waals surface area contributed by atoms with E-state index in [-0.39, 0.29) is 25.4 Å². The molecule has 1 aliphatic rings. The summed E-state index contributed by atoms with van der Waals surface area (Å²) < 4.78 is 43.1. The van der Waals surface area contributed by atoms with Crippen LogP contribution in [0.2, 0.25) is 0 Å². The number of rotatable bonds is 4. The van der Waals surface area contributed by atoms with Crippen LogP contribution in [0.15, 0.2) is 12.1 Å². The molecule has 0 aliphatic heterocycles. The number of hydrogen-bond donors (Lipinski definition) is 2. The number of halogens is 3. The SMILES string of the molecule is COc1nc(CO)c(N)cc1/C=C/[C@H]1CC[C@H](C(F)(F)F)CC1. The van der Waals surface area contributed by atoms with Gasteiger partial charge < -0.3 is 15.6 Å². The molecule has 4 nitrogen and oxygen atoms in total. The summed E-state index contributed by atoms with van der Waals surface area (Å²) in [6.45, 7) is -0.284. The third-order valence-electron chi connectivity index (χ3n) is 4.25. The van der Waals surface area contributed by atoms with E-state index in [1.165, 1.54) is 7.11 Å². The van der Waals surface area contributed by atoms with Crippen LogP contribution in [-0.4, -0.2) is 23.4 Å². The first-order valence-electron chi connectivity index (χ1n) is 7.54. The van der Waals surface area contributed by atoms with Gasteiger partial charge in [-0.1, -0.05) is 12.2 Å². The maximum atomic E-state index is 12.7. The number of nitrogens with zero attached hydrogens (tertiary/aromatic N) is 1. The molecule has 1 fully saturated rings. The van der Waals surface area contributed by atoms with Crippen LogP contribution in [0.25, 0.3) is 6.08 Å². The molecule has 0 amide bonds. The molecule has 0 atom stereocenters. The lowest BCUT2D eigenvalue weighted by molar-refractivity contribution is -0.183. The number of allylic oxidation sites excluding steroid dienone is 1. The third kappa shape index (κ3) is 4.37. The zero-order valence-corrected chi connectivity index (χ0v) is 12.9. The molecule has 0 spiro atoms. The Morgan fingerprint density at radius 2 is 2.00 bits per heavy atom. The molecule has 0 bridgehead atoms. The molecule has 1 aromatic heterocycles. The minimum atomic E-state index is -4.09. The van der Waals surface area contributed by atoms with Crippen molar-refractivity contribution >= 4 is 11.8 Å². The van der Waals surface area contributed by atoms with Gasteiger partial charge in [-0.15, -0.1) is 0 Å². The minimum Gasteiger partial charge on any atom is -0.481 e. The van der Waals surface area contributed by atoms with Gasteiger partial charge in [-0.05, 0) is 37.7 Å². The smallest absolute Gasteiger partial charge is 0.391 e. The molecule has 3 N–H and O–H groups in total. The van der Waals surface area contributed by atoms with Crippen LogP contribution >= 0.6 is 0 Å². The summed E-state index contributed by atoms with van der Waals surface area (Å²) in [6.07, 6.45) is 0.947. The molecular weight excluding hydrogens is 309 g/mol. The predicted molar refractivity (Wildman–Crippen MR) is 81.7 cm³/mol. The van der Waals surface area contributed by atoms with Gasteiger partial charge >= 0.3 is 6.18 Å². The van der Waals surface area contributed by atoms with Crippen LogP contribution in [0.4, 0.5) is 18.9 Å². The van der Waals surface area contributed by atoms with Crippen molar-refractivity contribution in [1.82, 2.24) is 4.98 Å². The number of aliphatic hydroxyl groups is 1. The van der Waals surface area contributed by atoms with Crippen molar-refractivity contribution in [2.24, 2.45) is 11.8 Å². The van der Waals surface area contributed by atoms with Crippen molar-refractivity contribution < 1.29 is 23.0 Å². The number of methoxy groups -OCH3 is 1. The zero-order chi connectivity index (χ0) is 17.0. The Bertz CT molecular complexity index is 565. The number of hydrogen-bond acceptors (Lipinski definition) is 4. The van der Waals surface area contributed by atoms with Gasteiger partial charge in [0.25, 0.3) is 0 Å². The van der Waals surface area contributed by atoms with Crippen molar-refractivity contribution in [2.45, 2.75) is 38.5 Å². The highest BCUT2D eigenvalue weighted by Gasteiger charge is 2.40. The van der Waals surface area contributed by atoms with E-state index in [1.807, 2.05) is 6.08 Å². The van der Waals surface area contributed by atoms with E-state index in [0.29, 0.717) is 35.7 Å². The quantitative estimate of drug-likeness (QED) is 0.886. The molecule has 1 saturated carbocycles. The number of pyridine rings is 1. The second-order valence-corrected chi connectivity index (χ2v) is 5.79. The molecule has 7 heteroatoms. The molecule has 128 valence electrons. The Balaban J connectivity index is 2.05. The molecule has 1 aromatic rings. The van der Waals surface area contributed by atoms with E-state index >= 15 is 0 Å². The number of alkyl halides is 3. The summed E-state index contributed by atoms with van der Waals surface area (Å²) in [7, 11) is 1.46. The Labute approximate surface area is 133 Å². The molecule has 1 aliphatic carbocycles. The van der Waals surface area contributed by atoms with Gasteiger partial charge in [0.1, 0.15) is 0 Å². The second-order valence-electron chi connectivity index (χ2n) is 5.79. The van der Waals surface area contributed by atoms with Crippen molar-refractivity contribution in [1.29, 1.82) is 0 Å². The van der Waals surface area contributed by atoms with Gasteiger partial charge in [0.15, 0.2) is 0 Å². The van der Waals surface area contributed by atoms with Gasteiger partial charge in [-0.3, -0.25) is 0 Å². The average Bonchev–Trinajstić information content (AvgIpc) is 2.52. The van der Waals surface area contributed by atoms with E-state index in [2.05, 4.69) is 4.98 Å². The van der Waals surface area contributed by atoms with Crippen molar-refractivity contribution in [2.75, 3.05) is 12.8 Å². The van der Waals surface area contributed by atoms with Crippen LogP contribution in [0.5, 0.6) is 5.88 Å². The highest BCUT2D eigenvalue weighted by molar-refractivity contribution is 5.61. The maximum absolute atomic E-state index is 12.7. The molecule has 0 aromatic carbocycles. The number of nitrogen functional groups attached to an aromatic ring is 1. The zero-order valence-electron chi connectivity index (χ0n) is 12.9. The average molecular weight is 330 g/mol. The molecule has 0 saturated heterocycles. The fraction of sp³-hybridized carbons (Fsp3) is 0.562. The molecule has 0 unspecified atom stereocenters. The fourth-order valence-corrected chi connectivity index (χ4v) is 2.85. The van der Waals surface area contributed by atoms with Gasteiger partial charge in [-0.25, -0.2) is 4.98 Å². The van der Waals surface area contributed by atoms with E-state index < -0.39 is 12.1 Å². The van der Waals surface area contributed by atoms with Crippen LogP contribution in [0, 0.1) is 11.8 Å². The number of nitrogens with two attached hydrogens (primary N) is 1. The number of aliphatic hydroxyl groups excluding tert-OH is 1. The van der Waals surface area contributed by atoms with E-state index in [0.717, 1.165) is 0 Å². The van der Waals surface area contributed by atoms with Crippen molar-refractivity contribution in [3.63, 3.8) is 0 Å². The lowest BCUT2D eigenvalue weighted by atomic mass is 9.81. The molecule has 1 heterocycles. The molecule has 2 rings (SSSR count). The minimum absolute atomic E-state index is 0.108. The van der Waals surface area contributed by atoms with E-state index in [9.17, 15) is 13.2 Å². The Morgan fingerprint density at radius 3 is 2.52 bits per heavy atom. The first-order chi connectivity index (χ1) is 10.8. The summed E-state index contributed by atoms with van der Waals surface area (Å²) in [4.78, 5) is 4.12. The Morgan fingerprint density at radius 1 is 1.35 bits per heavy atom. The van der Waals surface area contributed by atoms with Gasteiger partial charge in [0.05, 0.1) is 31.0 Å². The van der Waals surface area contributed by atoms with Gasteiger partial charge in [-0.2, -0.15) is 13.2 Å². The van der Waals surface area contributed by atoms with E-state index in [1.54, 1.807) is 12.1 Å². The molecule has 23 heavy (non-hydrogen) atoms. The molecule has 0 radical (unpaired) electrons. The fourth-order valence-electron chi connectivity index (χ4n) is 2.85. The first kappa shape index (κ1) is 17.6. The summed E-state index contributed by atoms with van der Waals surface area (Å²) in [5.74, 6) is -0.733. The van der Waals surface area contributed by atoms with E-state index in [4.69, 9.17) is 15.6 Å². The topological polar surface area (TPSA) is 68.4 Å². The molecular formula is C16H21F3N2O2. The Kier molecular flexibility index (Phi) is 5.51. The largest absolute Gasteiger partial charge is 0.481 e. The second kappa shape index (κ2) is 7.21. The first-order valence-corrected chi connectivity index (χ1v) is 7.54. The van der Waals surface area contributed by atoms with Crippen LogP contribution < -0.4 is 10.5 Å². The van der Waals surface area contributed by atoms with Crippen LogP contribution in [0.3, 0.4) is 0 Å².